The first-order valence-electron chi connectivity index (χ1n) is 5.98. The Bertz CT molecular complexity index is 471. The average Bonchev–Trinajstić information content (AvgIpc) is 2.40. The van der Waals surface area contributed by atoms with Gasteiger partial charge in [-0.25, -0.2) is 0 Å². The van der Waals surface area contributed by atoms with Crippen molar-refractivity contribution >= 4 is 11.8 Å². The van der Waals surface area contributed by atoms with E-state index in [0.717, 1.165) is 0 Å². The van der Waals surface area contributed by atoms with Gasteiger partial charge >= 0.3 is 0 Å². The standard InChI is InChI=1S/C12H10.C4H7NO2/c1-3-7-11(8-4-1)12-9-5-2-6-10-12;1-3(6)5-4(2)7/h1-10H;1-2H3,(H,5,6,7). The predicted octanol–water partition coefficient (Wildman–Crippen LogP) is 3.02. The lowest BCUT2D eigenvalue weighted by Gasteiger charge is -1.98. The van der Waals surface area contributed by atoms with E-state index in [1.807, 2.05) is 17.4 Å². The molecule has 2 aromatic carbocycles. The van der Waals surface area contributed by atoms with Gasteiger partial charge in [-0.2, -0.15) is 0 Å². The van der Waals surface area contributed by atoms with Crippen LogP contribution in [0.2, 0.25) is 0 Å². The van der Waals surface area contributed by atoms with Crippen LogP contribution in [-0.2, 0) is 9.59 Å². The first-order valence-corrected chi connectivity index (χ1v) is 5.98. The summed E-state index contributed by atoms with van der Waals surface area (Å²) < 4.78 is 0. The second kappa shape index (κ2) is 7.82. The highest BCUT2D eigenvalue weighted by Gasteiger charge is 1.92. The Morgan fingerprint density at radius 3 is 1.21 bits per heavy atom. The second-order valence-electron chi connectivity index (χ2n) is 3.97. The molecule has 0 aliphatic rings. The van der Waals surface area contributed by atoms with Crippen molar-refractivity contribution in [1.82, 2.24) is 5.32 Å². The van der Waals surface area contributed by atoms with E-state index in [0.29, 0.717) is 0 Å². The number of hydrogen-bond donors (Lipinski definition) is 1. The summed E-state index contributed by atoms with van der Waals surface area (Å²) in [5.74, 6) is -0.625. The zero-order chi connectivity index (χ0) is 14.1. The van der Waals surface area contributed by atoms with Gasteiger partial charge in [-0.1, -0.05) is 60.7 Å². The quantitative estimate of drug-likeness (QED) is 0.851. The van der Waals surface area contributed by atoms with Gasteiger partial charge in [-0.3, -0.25) is 14.9 Å². The largest absolute Gasteiger partial charge is 0.297 e. The van der Waals surface area contributed by atoms with Crippen LogP contribution in [0, 0.1) is 0 Å². The van der Waals surface area contributed by atoms with Crippen LogP contribution in [0.25, 0.3) is 11.1 Å². The minimum atomic E-state index is -0.312. The van der Waals surface area contributed by atoms with Crippen LogP contribution in [0.1, 0.15) is 13.8 Å². The molecule has 0 unspecified atom stereocenters. The number of nitrogens with one attached hydrogen (secondary N) is 1. The second-order valence-corrected chi connectivity index (χ2v) is 3.97. The Hall–Kier alpha value is -2.42. The third kappa shape index (κ3) is 6.17. The highest BCUT2D eigenvalue weighted by atomic mass is 16.2. The van der Waals surface area contributed by atoms with Gasteiger partial charge in [0.1, 0.15) is 0 Å². The van der Waals surface area contributed by atoms with Gasteiger partial charge in [0.15, 0.2) is 0 Å². The Morgan fingerprint density at radius 1 is 0.684 bits per heavy atom. The fraction of sp³-hybridized carbons (Fsp3) is 0.125. The summed E-state index contributed by atoms with van der Waals surface area (Å²) in [5.41, 5.74) is 2.55. The molecule has 98 valence electrons. The first kappa shape index (κ1) is 14.6. The highest BCUT2D eigenvalue weighted by Crippen LogP contribution is 2.17. The molecule has 0 aliphatic carbocycles. The number of rotatable bonds is 1. The smallest absolute Gasteiger partial charge is 0.223 e. The van der Waals surface area contributed by atoms with Crippen LogP contribution in [0.5, 0.6) is 0 Å². The molecule has 3 heteroatoms. The molecule has 0 saturated carbocycles. The Kier molecular flexibility index (Phi) is 6.03. The lowest BCUT2D eigenvalue weighted by atomic mass is 10.1. The molecule has 3 nitrogen and oxygen atoms in total. The van der Waals surface area contributed by atoms with Crippen LogP contribution in [0.15, 0.2) is 60.7 Å². The number of hydrogen-bond acceptors (Lipinski definition) is 2. The SMILES string of the molecule is CC(=O)NC(C)=O.c1ccc(-c2ccccc2)cc1. The third-order valence-electron chi connectivity index (χ3n) is 2.23. The molecule has 0 fully saturated rings. The van der Waals surface area contributed by atoms with E-state index < -0.39 is 0 Å². The summed E-state index contributed by atoms with van der Waals surface area (Å²) in [7, 11) is 0. The number of carbonyl (C=O) groups excluding carboxylic acids is 2. The molecular formula is C16H17NO2. The van der Waals surface area contributed by atoms with E-state index in [9.17, 15) is 9.59 Å². The summed E-state index contributed by atoms with van der Waals surface area (Å²) in [6.45, 7) is 2.59. The Balaban J connectivity index is 0.000000224. The fourth-order valence-corrected chi connectivity index (χ4v) is 1.51. The maximum Gasteiger partial charge on any atom is 0.223 e. The minimum Gasteiger partial charge on any atom is -0.297 e. The van der Waals surface area contributed by atoms with Gasteiger partial charge in [0.2, 0.25) is 11.8 Å². The van der Waals surface area contributed by atoms with Crippen molar-refractivity contribution in [2.45, 2.75) is 13.8 Å². The predicted molar refractivity (Wildman–Crippen MR) is 76.4 cm³/mol. The Labute approximate surface area is 113 Å². The zero-order valence-electron chi connectivity index (χ0n) is 11.1. The summed E-state index contributed by atoms with van der Waals surface area (Å²) in [4.78, 5) is 19.8. The molecule has 2 rings (SSSR count). The van der Waals surface area contributed by atoms with Crippen LogP contribution in [-0.4, -0.2) is 11.8 Å². The molecule has 2 aromatic rings. The number of benzene rings is 2. The van der Waals surface area contributed by atoms with Crippen molar-refractivity contribution in [2.75, 3.05) is 0 Å². The van der Waals surface area contributed by atoms with Gasteiger partial charge in [-0.15, -0.1) is 0 Å². The highest BCUT2D eigenvalue weighted by molar-refractivity contribution is 5.92. The van der Waals surface area contributed by atoms with Gasteiger partial charge < -0.3 is 0 Å². The van der Waals surface area contributed by atoms with E-state index in [1.54, 1.807) is 0 Å². The molecule has 0 bridgehead atoms. The topological polar surface area (TPSA) is 46.2 Å². The molecule has 19 heavy (non-hydrogen) atoms. The van der Waals surface area contributed by atoms with E-state index in [2.05, 4.69) is 48.5 Å². The molecule has 0 spiro atoms. The van der Waals surface area contributed by atoms with Gasteiger partial charge in [-0.05, 0) is 11.1 Å². The fourth-order valence-electron chi connectivity index (χ4n) is 1.51. The van der Waals surface area contributed by atoms with Crippen molar-refractivity contribution in [3.8, 4) is 11.1 Å². The van der Waals surface area contributed by atoms with Gasteiger partial charge in [0.05, 0.1) is 0 Å². The summed E-state index contributed by atoms with van der Waals surface area (Å²) in [5, 5.41) is 2.03. The number of carbonyl (C=O) groups is 2. The maximum absolute atomic E-state index is 9.92. The monoisotopic (exact) mass is 255 g/mol. The molecule has 0 radical (unpaired) electrons. The van der Waals surface area contributed by atoms with Gasteiger partial charge in [0, 0.05) is 13.8 Å². The molecular weight excluding hydrogens is 238 g/mol. The lowest BCUT2D eigenvalue weighted by Crippen LogP contribution is -2.24. The molecule has 0 atom stereocenters. The lowest BCUT2D eigenvalue weighted by molar-refractivity contribution is -0.127. The molecule has 1 N–H and O–H groups in total. The first-order chi connectivity index (χ1) is 9.09. The van der Waals surface area contributed by atoms with E-state index in [1.165, 1.54) is 25.0 Å². The van der Waals surface area contributed by atoms with E-state index in [-0.39, 0.29) is 11.8 Å². The van der Waals surface area contributed by atoms with Crippen LogP contribution in [0.3, 0.4) is 0 Å². The van der Waals surface area contributed by atoms with Crippen molar-refractivity contribution in [3.63, 3.8) is 0 Å². The summed E-state index contributed by atoms with van der Waals surface area (Å²) >= 11 is 0. The minimum absolute atomic E-state index is 0.312. The maximum atomic E-state index is 9.92. The average molecular weight is 255 g/mol. The normalized spacial score (nSPS) is 8.95. The molecule has 0 heterocycles. The van der Waals surface area contributed by atoms with Crippen molar-refractivity contribution in [1.29, 1.82) is 0 Å². The zero-order valence-corrected chi connectivity index (χ0v) is 11.1. The van der Waals surface area contributed by atoms with Crippen LogP contribution >= 0.6 is 0 Å². The van der Waals surface area contributed by atoms with Crippen LogP contribution in [0.4, 0.5) is 0 Å². The van der Waals surface area contributed by atoms with E-state index in [4.69, 9.17) is 0 Å². The van der Waals surface area contributed by atoms with Gasteiger partial charge in [0.25, 0.3) is 0 Å². The van der Waals surface area contributed by atoms with Crippen molar-refractivity contribution < 1.29 is 9.59 Å². The van der Waals surface area contributed by atoms with E-state index >= 15 is 0 Å². The molecule has 0 saturated heterocycles. The molecule has 2 amide bonds. The number of amides is 2. The van der Waals surface area contributed by atoms with Crippen molar-refractivity contribution in [3.05, 3.63) is 60.7 Å². The Morgan fingerprint density at radius 2 is 1.00 bits per heavy atom. The molecule has 0 aromatic heterocycles. The van der Waals surface area contributed by atoms with Crippen LogP contribution < -0.4 is 5.32 Å². The molecule has 0 aliphatic heterocycles. The summed E-state index contributed by atoms with van der Waals surface area (Å²) in [6.07, 6.45) is 0. The number of imide groups is 1. The van der Waals surface area contributed by atoms with Crippen molar-refractivity contribution in [2.24, 2.45) is 0 Å². The third-order valence-corrected chi connectivity index (χ3v) is 2.23. The summed E-state index contributed by atoms with van der Waals surface area (Å²) in [6, 6.07) is 20.8.